The van der Waals surface area contributed by atoms with Crippen LogP contribution in [0.2, 0.25) is 0 Å². The highest BCUT2D eigenvalue weighted by atomic mass is 32.2. The van der Waals surface area contributed by atoms with Gasteiger partial charge in [0.05, 0.1) is 19.5 Å². The number of carbonyl (C=O) groups is 1. The first-order chi connectivity index (χ1) is 15.2. The van der Waals surface area contributed by atoms with Crippen LogP contribution in [0.15, 0.2) is 35.6 Å². The number of rotatable bonds is 4. The maximum absolute atomic E-state index is 15.0. The van der Waals surface area contributed by atoms with Gasteiger partial charge in [0.25, 0.3) is 15.9 Å². The Morgan fingerprint density at radius 1 is 1.38 bits per heavy atom. The molecular formula is C19H21FN6O5S. The number of aliphatic imine (C=N–C) groups is 1. The first-order valence-corrected chi connectivity index (χ1v) is 11.1. The molecule has 3 heterocycles. The van der Waals surface area contributed by atoms with E-state index in [9.17, 15) is 13.2 Å². The number of benzene rings is 1. The first-order valence-electron chi connectivity index (χ1n) is 9.61. The molecule has 2 unspecified atom stereocenters. The summed E-state index contributed by atoms with van der Waals surface area (Å²) in [7, 11) is -1.37. The van der Waals surface area contributed by atoms with Gasteiger partial charge in [-0.05, 0) is 31.0 Å². The number of guanidine groups is 1. The number of fused-ring (bicyclic) bond motifs is 1. The Kier molecular flexibility index (Phi) is 5.46. The fourth-order valence-electron chi connectivity index (χ4n) is 3.77. The summed E-state index contributed by atoms with van der Waals surface area (Å²) < 4.78 is 52.3. The third-order valence-electron chi connectivity index (χ3n) is 5.41. The van der Waals surface area contributed by atoms with Crippen molar-refractivity contribution in [3.63, 3.8) is 0 Å². The highest BCUT2D eigenvalue weighted by Gasteiger charge is 2.56. The van der Waals surface area contributed by atoms with Crippen molar-refractivity contribution in [3.05, 3.63) is 47.7 Å². The molecular weight excluding hydrogens is 443 g/mol. The van der Waals surface area contributed by atoms with Crippen LogP contribution in [0.5, 0.6) is 5.88 Å². The number of ether oxygens (including phenoxy) is 2. The fraction of sp³-hybridized carbons (Fsp3) is 0.368. The molecule has 170 valence electrons. The maximum Gasteiger partial charge on any atom is 0.275 e. The highest BCUT2D eigenvalue weighted by Crippen LogP contribution is 2.46. The van der Waals surface area contributed by atoms with E-state index in [1.165, 1.54) is 38.7 Å². The lowest BCUT2D eigenvalue weighted by Crippen LogP contribution is -2.60. The topological polar surface area (TPSA) is 149 Å². The number of aromatic nitrogens is 2. The summed E-state index contributed by atoms with van der Waals surface area (Å²) in [6.07, 6.45) is 3.17. The second-order valence-corrected chi connectivity index (χ2v) is 9.31. The van der Waals surface area contributed by atoms with Crippen LogP contribution in [0, 0.1) is 5.82 Å². The number of sulfonamides is 1. The largest absolute Gasteiger partial charge is 0.480 e. The second kappa shape index (κ2) is 7.98. The molecule has 4 rings (SSSR count). The first kappa shape index (κ1) is 21.9. The molecule has 0 aliphatic carbocycles. The lowest BCUT2D eigenvalue weighted by molar-refractivity contribution is 0.000601. The van der Waals surface area contributed by atoms with Crippen LogP contribution in [-0.4, -0.2) is 60.8 Å². The maximum atomic E-state index is 15.0. The molecule has 13 heteroatoms. The van der Waals surface area contributed by atoms with Crippen molar-refractivity contribution in [3.8, 4) is 5.88 Å². The van der Waals surface area contributed by atoms with Crippen LogP contribution >= 0.6 is 0 Å². The summed E-state index contributed by atoms with van der Waals surface area (Å²) in [4.78, 5) is 24.8. The smallest absolute Gasteiger partial charge is 0.275 e. The Bertz CT molecular complexity index is 1190. The van der Waals surface area contributed by atoms with Crippen molar-refractivity contribution in [1.29, 1.82) is 0 Å². The van der Waals surface area contributed by atoms with E-state index in [0.29, 0.717) is 6.42 Å². The summed E-state index contributed by atoms with van der Waals surface area (Å²) in [5.74, 6) is -1.31. The van der Waals surface area contributed by atoms with Crippen molar-refractivity contribution >= 4 is 27.6 Å². The molecule has 0 saturated carbocycles. The number of hydrogen-bond acceptors (Lipinski definition) is 9. The molecule has 1 saturated heterocycles. The van der Waals surface area contributed by atoms with E-state index in [1.807, 2.05) is 0 Å². The number of nitrogens with zero attached hydrogens (tertiary/aromatic N) is 4. The van der Waals surface area contributed by atoms with Gasteiger partial charge in [0.2, 0.25) is 17.3 Å². The summed E-state index contributed by atoms with van der Waals surface area (Å²) in [6.45, 7) is 0.184. The van der Waals surface area contributed by atoms with Crippen LogP contribution in [0.3, 0.4) is 0 Å². The van der Waals surface area contributed by atoms with E-state index in [1.54, 1.807) is 0 Å². The summed E-state index contributed by atoms with van der Waals surface area (Å²) >= 11 is 0. The molecule has 2 aliphatic rings. The zero-order valence-corrected chi connectivity index (χ0v) is 18.1. The molecule has 2 atom stereocenters. The summed E-state index contributed by atoms with van der Waals surface area (Å²) in [5.41, 5.74) is 3.03. The number of carbonyl (C=O) groups excluding carboxylic acids is 1. The number of halogens is 1. The monoisotopic (exact) mass is 464 g/mol. The molecule has 0 spiro atoms. The number of methoxy groups -OCH3 is 1. The lowest BCUT2D eigenvalue weighted by atomic mass is 9.84. The number of nitrogens with two attached hydrogens (primary N) is 1. The summed E-state index contributed by atoms with van der Waals surface area (Å²) in [6, 6.07) is 3.81. The predicted molar refractivity (Wildman–Crippen MR) is 112 cm³/mol. The fourth-order valence-corrected chi connectivity index (χ4v) is 5.42. The van der Waals surface area contributed by atoms with E-state index in [0.717, 1.165) is 10.4 Å². The van der Waals surface area contributed by atoms with Gasteiger partial charge < -0.3 is 20.5 Å². The van der Waals surface area contributed by atoms with Crippen LogP contribution in [0.4, 0.5) is 10.1 Å². The molecule has 1 amide bonds. The zero-order valence-electron chi connectivity index (χ0n) is 17.3. The minimum Gasteiger partial charge on any atom is -0.480 e. The van der Waals surface area contributed by atoms with Gasteiger partial charge in [-0.25, -0.2) is 32.1 Å². The third kappa shape index (κ3) is 3.52. The van der Waals surface area contributed by atoms with E-state index in [4.69, 9.17) is 15.2 Å². The number of nitrogens with one attached hydrogen (secondary N) is 1. The Balaban J connectivity index is 1.74. The lowest BCUT2D eigenvalue weighted by Gasteiger charge is -2.45. The minimum absolute atomic E-state index is 0.0119. The van der Waals surface area contributed by atoms with Crippen molar-refractivity contribution in [2.24, 2.45) is 10.7 Å². The third-order valence-corrected chi connectivity index (χ3v) is 7.43. The molecule has 0 radical (unpaired) electrons. The van der Waals surface area contributed by atoms with Crippen molar-refractivity contribution in [1.82, 2.24) is 14.3 Å². The SMILES string of the molecule is COc1cnc(C(=O)Nc2ccc(F)c(C34CCCOC3S(=O)(=O)N(C)C(N)=N4)c2)cn1. The van der Waals surface area contributed by atoms with Gasteiger partial charge in [0, 0.05) is 24.9 Å². The average molecular weight is 464 g/mol. The molecule has 1 fully saturated rings. The van der Waals surface area contributed by atoms with Crippen LogP contribution in [-0.2, 0) is 20.3 Å². The van der Waals surface area contributed by atoms with Gasteiger partial charge in [-0.2, -0.15) is 0 Å². The molecule has 32 heavy (non-hydrogen) atoms. The average Bonchev–Trinajstić information content (AvgIpc) is 2.79. The second-order valence-electron chi connectivity index (χ2n) is 7.31. The zero-order chi connectivity index (χ0) is 23.1. The Morgan fingerprint density at radius 2 is 2.16 bits per heavy atom. The quantitative estimate of drug-likeness (QED) is 0.675. The molecule has 2 aromatic rings. The van der Waals surface area contributed by atoms with Gasteiger partial charge in [-0.15, -0.1) is 0 Å². The van der Waals surface area contributed by atoms with Gasteiger partial charge in [-0.3, -0.25) is 4.79 Å². The number of anilines is 1. The van der Waals surface area contributed by atoms with Crippen LogP contribution in [0.1, 0.15) is 28.9 Å². The van der Waals surface area contributed by atoms with Gasteiger partial charge >= 0.3 is 0 Å². The minimum atomic E-state index is -4.05. The Morgan fingerprint density at radius 3 is 2.84 bits per heavy atom. The molecule has 1 aromatic carbocycles. The van der Waals surface area contributed by atoms with E-state index in [2.05, 4.69) is 20.3 Å². The normalized spacial score (nSPS) is 24.3. The Labute approximate surface area is 183 Å². The van der Waals surface area contributed by atoms with Crippen molar-refractivity contribution in [2.45, 2.75) is 23.8 Å². The molecule has 11 nitrogen and oxygen atoms in total. The summed E-state index contributed by atoms with van der Waals surface area (Å²) in [5, 5.41) is 2.61. The standard InChI is InChI=1S/C19H21FN6O5S/c1-26-18(21)25-19(6-3-7-31-17(19)32(26,28)29)12-8-11(4-5-13(12)20)24-16(27)14-9-23-15(30-2)10-22-14/h4-5,8-10,17H,3,6-7H2,1-2H3,(H2,21,25)(H,24,27). The molecule has 3 N–H and O–H groups in total. The van der Waals surface area contributed by atoms with Crippen LogP contribution < -0.4 is 15.8 Å². The molecule has 2 aliphatic heterocycles. The van der Waals surface area contributed by atoms with E-state index >= 15 is 4.39 Å². The van der Waals surface area contributed by atoms with Gasteiger partial charge in [0.15, 0.2) is 0 Å². The van der Waals surface area contributed by atoms with Crippen molar-refractivity contribution < 1.29 is 27.1 Å². The van der Waals surface area contributed by atoms with E-state index in [-0.39, 0.29) is 41.8 Å². The highest BCUT2D eigenvalue weighted by molar-refractivity contribution is 7.90. The van der Waals surface area contributed by atoms with Crippen molar-refractivity contribution in [2.75, 3.05) is 26.1 Å². The van der Waals surface area contributed by atoms with Gasteiger partial charge in [-0.1, -0.05) is 0 Å². The predicted octanol–water partition coefficient (Wildman–Crippen LogP) is 0.798. The number of hydrogen-bond donors (Lipinski definition) is 2. The molecule has 1 aromatic heterocycles. The van der Waals surface area contributed by atoms with Crippen LogP contribution in [0.25, 0.3) is 0 Å². The Hall–Kier alpha value is -3.32. The van der Waals surface area contributed by atoms with Gasteiger partial charge in [0.1, 0.15) is 17.1 Å². The molecule has 0 bridgehead atoms. The van der Waals surface area contributed by atoms with E-state index < -0.39 is 32.7 Å². The number of amides is 1.